The summed E-state index contributed by atoms with van der Waals surface area (Å²) in [4.78, 5) is -0.910. The Balaban J connectivity index is 2.55. The Morgan fingerprint density at radius 3 is 2.05 bits per heavy atom. The highest BCUT2D eigenvalue weighted by atomic mass is 32.2. The van der Waals surface area contributed by atoms with Crippen molar-refractivity contribution in [2.24, 2.45) is 0 Å². The largest absolute Gasteiger partial charge is 0.399 e. The van der Waals surface area contributed by atoms with Crippen LogP contribution in [-0.4, -0.2) is 24.8 Å². The van der Waals surface area contributed by atoms with Gasteiger partial charge in [0.25, 0.3) is 0 Å². The number of benzene rings is 1. The van der Waals surface area contributed by atoms with Crippen molar-refractivity contribution in [1.29, 1.82) is 0 Å². The molecule has 112 valence electrons. The van der Waals surface area contributed by atoms with E-state index in [1.54, 1.807) is 13.8 Å². The van der Waals surface area contributed by atoms with Gasteiger partial charge in [-0.25, -0.2) is 17.2 Å². The van der Waals surface area contributed by atoms with Gasteiger partial charge in [-0.05, 0) is 38.8 Å². The van der Waals surface area contributed by atoms with Gasteiger partial charge in [-0.2, -0.15) is 4.31 Å². The van der Waals surface area contributed by atoms with Crippen molar-refractivity contribution in [1.82, 2.24) is 4.31 Å². The molecule has 0 bridgehead atoms. The SMILES string of the molecule is C[C@@H]1CCC[C@H](C)N1S(=O)(=O)c1c(F)cc(N)cc1F. The summed E-state index contributed by atoms with van der Waals surface area (Å²) in [5.74, 6) is -2.29. The second kappa shape index (κ2) is 5.29. The quantitative estimate of drug-likeness (QED) is 0.854. The third kappa shape index (κ3) is 2.52. The number of nitrogens with zero attached hydrogens (tertiary/aromatic N) is 1. The molecule has 1 heterocycles. The molecule has 7 heteroatoms. The van der Waals surface area contributed by atoms with Crippen LogP contribution in [0.15, 0.2) is 17.0 Å². The van der Waals surface area contributed by atoms with E-state index in [9.17, 15) is 17.2 Å². The zero-order valence-electron chi connectivity index (χ0n) is 11.4. The highest BCUT2D eigenvalue weighted by Crippen LogP contribution is 2.32. The van der Waals surface area contributed by atoms with E-state index in [0.29, 0.717) is 12.8 Å². The van der Waals surface area contributed by atoms with E-state index in [-0.39, 0.29) is 17.8 Å². The van der Waals surface area contributed by atoms with Crippen LogP contribution in [0.5, 0.6) is 0 Å². The van der Waals surface area contributed by atoms with Gasteiger partial charge in [0.15, 0.2) is 4.90 Å². The Morgan fingerprint density at radius 2 is 1.60 bits per heavy atom. The molecule has 2 N–H and O–H groups in total. The second-order valence-corrected chi connectivity index (χ2v) is 7.06. The van der Waals surface area contributed by atoms with Gasteiger partial charge in [0.05, 0.1) is 0 Å². The number of hydrogen-bond donors (Lipinski definition) is 1. The van der Waals surface area contributed by atoms with Gasteiger partial charge in [-0.15, -0.1) is 0 Å². The number of piperidine rings is 1. The normalized spacial score (nSPS) is 24.8. The smallest absolute Gasteiger partial charge is 0.249 e. The van der Waals surface area contributed by atoms with Gasteiger partial charge < -0.3 is 5.73 Å². The van der Waals surface area contributed by atoms with Crippen LogP contribution < -0.4 is 5.73 Å². The van der Waals surface area contributed by atoms with E-state index >= 15 is 0 Å². The van der Waals surface area contributed by atoms with Crippen molar-refractivity contribution >= 4 is 15.7 Å². The first-order chi connectivity index (χ1) is 9.25. The average Bonchev–Trinajstić information content (AvgIpc) is 2.25. The lowest BCUT2D eigenvalue weighted by molar-refractivity contribution is 0.203. The molecule has 0 unspecified atom stereocenters. The Morgan fingerprint density at radius 1 is 1.15 bits per heavy atom. The first kappa shape index (κ1) is 15.2. The number of sulfonamides is 1. The number of rotatable bonds is 2. The van der Waals surface area contributed by atoms with Crippen molar-refractivity contribution < 1.29 is 17.2 Å². The first-order valence-corrected chi connectivity index (χ1v) is 7.97. The molecule has 20 heavy (non-hydrogen) atoms. The van der Waals surface area contributed by atoms with Gasteiger partial charge in [0.2, 0.25) is 10.0 Å². The van der Waals surface area contributed by atoms with Gasteiger partial charge >= 0.3 is 0 Å². The van der Waals surface area contributed by atoms with Crippen molar-refractivity contribution in [2.75, 3.05) is 5.73 Å². The van der Waals surface area contributed by atoms with E-state index in [0.717, 1.165) is 18.6 Å². The van der Waals surface area contributed by atoms with E-state index < -0.39 is 26.6 Å². The van der Waals surface area contributed by atoms with E-state index in [2.05, 4.69) is 0 Å². The zero-order valence-corrected chi connectivity index (χ0v) is 12.3. The lowest BCUT2D eigenvalue weighted by Crippen LogP contribution is -2.47. The van der Waals surface area contributed by atoms with Crippen LogP contribution in [-0.2, 0) is 10.0 Å². The minimum Gasteiger partial charge on any atom is -0.399 e. The maximum Gasteiger partial charge on any atom is 0.249 e. The summed E-state index contributed by atoms with van der Waals surface area (Å²) >= 11 is 0. The fourth-order valence-corrected chi connectivity index (χ4v) is 4.78. The maximum absolute atomic E-state index is 13.9. The van der Waals surface area contributed by atoms with Crippen molar-refractivity contribution in [3.63, 3.8) is 0 Å². The molecule has 1 saturated heterocycles. The third-order valence-electron chi connectivity index (χ3n) is 3.67. The second-order valence-electron chi connectivity index (χ2n) is 5.28. The monoisotopic (exact) mass is 304 g/mol. The molecule has 4 nitrogen and oxygen atoms in total. The number of nitrogens with two attached hydrogens (primary N) is 1. The minimum absolute atomic E-state index is 0.140. The summed E-state index contributed by atoms with van der Waals surface area (Å²) in [6, 6.07) is 1.10. The lowest BCUT2D eigenvalue weighted by Gasteiger charge is -2.37. The zero-order chi connectivity index (χ0) is 15.1. The van der Waals surface area contributed by atoms with Crippen LogP contribution >= 0.6 is 0 Å². The summed E-state index contributed by atoms with van der Waals surface area (Å²) in [6.45, 7) is 3.50. The lowest BCUT2D eigenvalue weighted by atomic mass is 10.0. The molecule has 1 fully saturated rings. The highest BCUT2D eigenvalue weighted by Gasteiger charge is 2.38. The van der Waals surface area contributed by atoms with Crippen LogP contribution in [0.2, 0.25) is 0 Å². The van der Waals surface area contributed by atoms with Crippen LogP contribution in [0.25, 0.3) is 0 Å². The molecule has 0 aliphatic carbocycles. The van der Waals surface area contributed by atoms with Gasteiger partial charge in [0.1, 0.15) is 11.6 Å². The Labute approximate surface area is 117 Å². The molecule has 0 aromatic heterocycles. The number of nitrogen functional groups attached to an aromatic ring is 1. The summed E-state index contributed by atoms with van der Waals surface area (Å²) in [5, 5.41) is 0. The molecule has 1 aliphatic heterocycles. The Bertz CT molecular complexity index is 586. The van der Waals surface area contributed by atoms with Gasteiger partial charge in [0, 0.05) is 17.8 Å². The molecule has 2 rings (SSSR count). The molecule has 1 aliphatic rings. The van der Waals surface area contributed by atoms with E-state index in [4.69, 9.17) is 5.73 Å². The highest BCUT2D eigenvalue weighted by molar-refractivity contribution is 7.89. The summed E-state index contributed by atoms with van der Waals surface area (Å²) in [6.07, 6.45) is 2.27. The summed E-state index contributed by atoms with van der Waals surface area (Å²) in [7, 11) is -4.21. The predicted molar refractivity (Wildman–Crippen MR) is 72.6 cm³/mol. The van der Waals surface area contributed by atoms with Crippen LogP contribution in [0.4, 0.5) is 14.5 Å². The van der Waals surface area contributed by atoms with Gasteiger partial charge in [-0.3, -0.25) is 0 Å². The standard InChI is InChI=1S/C13H18F2N2O2S/c1-8-4-3-5-9(2)17(8)20(18,19)13-11(14)6-10(16)7-12(13)15/h6-9H,3-5,16H2,1-2H3/t8-,9+. The Kier molecular flexibility index (Phi) is 4.02. The van der Waals surface area contributed by atoms with Crippen LogP contribution in [0.3, 0.4) is 0 Å². The van der Waals surface area contributed by atoms with Crippen LogP contribution in [0.1, 0.15) is 33.1 Å². The molecule has 0 saturated carbocycles. The molecular formula is C13H18F2N2O2S. The maximum atomic E-state index is 13.9. The van der Waals surface area contributed by atoms with E-state index in [1.165, 1.54) is 4.31 Å². The van der Waals surface area contributed by atoms with E-state index in [1.807, 2.05) is 0 Å². The topological polar surface area (TPSA) is 63.4 Å². The summed E-state index contributed by atoms with van der Waals surface area (Å²) < 4.78 is 54.1. The van der Waals surface area contributed by atoms with Crippen molar-refractivity contribution in [3.8, 4) is 0 Å². The fraction of sp³-hybridized carbons (Fsp3) is 0.538. The van der Waals surface area contributed by atoms with Crippen molar-refractivity contribution in [3.05, 3.63) is 23.8 Å². The van der Waals surface area contributed by atoms with Crippen molar-refractivity contribution in [2.45, 2.75) is 50.1 Å². The first-order valence-electron chi connectivity index (χ1n) is 6.53. The third-order valence-corrected chi connectivity index (χ3v) is 5.85. The average molecular weight is 304 g/mol. The molecule has 1 aromatic carbocycles. The number of anilines is 1. The van der Waals surface area contributed by atoms with Crippen LogP contribution in [0, 0.1) is 11.6 Å². The molecule has 2 atom stereocenters. The minimum atomic E-state index is -4.21. The molecule has 0 spiro atoms. The molecule has 1 aromatic rings. The fourth-order valence-electron chi connectivity index (χ4n) is 2.80. The number of halogens is 2. The molecule has 0 radical (unpaired) electrons. The molecular weight excluding hydrogens is 286 g/mol. The summed E-state index contributed by atoms with van der Waals surface area (Å²) in [5.41, 5.74) is 5.18. The van der Waals surface area contributed by atoms with Gasteiger partial charge in [-0.1, -0.05) is 6.42 Å². The molecule has 0 amide bonds. The number of hydrogen-bond acceptors (Lipinski definition) is 3. The Hall–Kier alpha value is -1.21. The predicted octanol–water partition coefficient (Wildman–Crippen LogP) is 2.50.